The third kappa shape index (κ3) is 6.56. The molecule has 0 bridgehead atoms. The first kappa shape index (κ1) is 34.7. The maximum atomic E-state index is 6.25. The van der Waals surface area contributed by atoms with E-state index in [4.69, 9.17) is 9.40 Å². The molecule has 0 aliphatic rings. The van der Waals surface area contributed by atoms with Crippen molar-refractivity contribution >= 4 is 59.7 Å². The Morgan fingerprint density at radius 1 is 0.373 bits per heavy atom. The van der Waals surface area contributed by atoms with Crippen molar-refractivity contribution in [2.24, 2.45) is 0 Å². The van der Waals surface area contributed by atoms with Crippen LogP contribution in [-0.4, -0.2) is 4.98 Å². The van der Waals surface area contributed by atoms with Gasteiger partial charge in [-0.3, -0.25) is 0 Å². The van der Waals surface area contributed by atoms with E-state index < -0.39 is 0 Å². The Kier molecular flexibility index (Phi) is 8.68. The molecule has 0 aliphatic heterocycles. The van der Waals surface area contributed by atoms with Crippen LogP contribution in [0.25, 0.3) is 87.2 Å². The zero-order valence-corrected chi connectivity index (χ0v) is 32.8. The number of aromatic nitrogens is 1. The lowest BCUT2D eigenvalue weighted by Crippen LogP contribution is -2.11. The minimum atomic E-state index is 0.643. The second kappa shape index (κ2) is 14.8. The van der Waals surface area contributed by atoms with E-state index in [0.29, 0.717) is 5.89 Å². The van der Waals surface area contributed by atoms with E-state index in [-0.39, 0.29) is 0 Å². The quantitative estimate of drug-likeness (QED) is 0.154. The molecule has 0 unspecified atom stereocenters. The number of rotatable bonds is 8. The van der Waals surface area contributed by atoms with Crippen LogP contribution in [-0.2, 0) is 0 Å². The van der Waals surface area contributed by atoms with Crippen molar-refractivity contribution in [1.29, 1.82) is 0 Å². The molecule has 0 N–H and O–H groups in total. The van der Waals surface area contributed by atoms with E-state index in [9.17, 15) is 0 Å². The van der Waals surface area contributed by atoms with Gasteiger partial charge in [-0.1, -0.05) is 146 Å². The van der Waals surface area contributed by atoms with Gasteiger partial charge >= 0.3 is 0 Å². The molecule has 4 heteroatoms. The highest BCUT2D eigenvalue weighted by Crippen LogP contribution is 2.45. The molecule has 0 spiro atoms. The molecule has 11 rings (SSSR count). The molecule has 0 aliphatic carbocycles. The molecule has 0 radical (unpaired) electrons. The average molecular weight is 773 g/mol. The summed E-state index contributed by atoms with van der Waals surface area (Å²) in [5.41, 5.74) is 15.3. The first-order valence-corrected chi connectivity index (χ1v) is 20.7. The van der Waals surface area contributed by atoms with Gasteiger partial charge in [0, 0.05) is 48.7 Å². The fraction of sp³-hybridized carbons (Fsp3) is 0. The van der Waals surface area contributed by atoms with Crippen LogP contribution in [0.5, 0.6) is 0 Å². The van der Waals surface area contributed by atoms with Crippen LogP contribution in [0.1, 0.15) is 0 Å². The van der Waals surface area contributed by atoms with Crippen LogP contribution in [0.3, 0.4) is 0 Å². The first-order valence-electron chi connectivity index (χ1n) is 19.9. The second-order valence-electron chi connectivity index (χ2n) is 14.8. The Morgan fingerprint density at radius 3 is 1.63 bits per heavy atom. The Bertz CT molecular complexity index is 3250. The SMILES string of the molecule is c1ccc(-c2ccc(N(c3cccc(-c4ccccc4)c3)c3ccc(-c4ccc5sc6cc7oc(-c8ccccc8)nc7cc6c5c4)cc3-c3ccccc3)cc2)cc1. The topological polar surface area (TPSA) is 29.3 Å². The summed E-state index contributed by atoms with van der Waals surface area (Å²) in [5, 5.41) is 2.41. The maximum Gasteiger partial charge on any atom is 0.227 e. The van der Waals surface area contributed by atoms with E-state index in [1.165, 1.54) is 42.4 Å². The summed E-state index contributed by atoms with van der Waals surface area (Å²) in [7, 11) is 0. The van der Waals surface area contributed by atoms with Crippen LogP contribution >= 0.6 is 11.3 Å². The summed E-state index contributed by atoms with van der Waals surface area (Å²) in [4.78, 5) is 7.30. The molecular weight excluding hydrogens is 737 g/mol. The monoisotopic (exact) mass is 772 g/mol. The summed E-state index contributed by atoms with van der Waals surface area (Å²) in [6.07, 6.45) is 0. The Morgan fingerprint density at radius 2 is 0.915 bits per heavy atom. The lowest BCUT2D eigenvalue weighted by atomic mass is 9.95. The highest BCUT2D eigenvalue weighted by Gasteiger charge is 2.20. The summed E-state index contributed by atoms with van der Waals surface area (Å²) < 4.78 is 8.67. The minimum absolute atomic E-state index is 0.643. The van der Waals surface area contributed by atoms with Crippen molar-refractivity contribution in [2.75, 3.05) is 4.90 Å². The largest absolute Gasteiger partial charge is 0.436 e. The van der Waals surface area contributed by atoms with Crippen molar-refractivity contribution in [3.05, 3.63) is 218 Å². The van der Waals surface area contributed by atoms with E-state index >= 15 is 0 Å². The van der Waals surface area contributed by atoms with Crippen molar-refractivity contribution in [2.45, 2.75) is 0 Å². The molecular formula is C55H36N2OS. The van der Waals surface area contributed by atoms with Crippen molar-refractivity contribution in [3.8, 4) is 56.0 Å². The average Bonchev–Trinajstić information content (AvgIpc) is 3.90. The van der Waals surface area contributed by atoms with Crippen molar-refractivity contribution in [3.63, 3.8) is 0 Å². The smallest absolute Gasteiger partial charge is 0.227 e. The lowest BCUT2D eigenvalue weighted by Gasteiger charge is -2.29. The number of nitrogens with zero attached hydrogens (tertiary/aromatic N) is 2. The van der Waals surface area contributed by atoms with E-state index in [0.717, 1.165) is 56.0 Å². The lowest BCUT2D eigenvalue weighted by molar-refractivity contribution is 0.620. The summed E-state index contributed by atoms with van der Waals surface area (Å²) in [5.74, 6) is 0.643. The van der Waals surface area contributed by atoms with Crippen LogP contribution in [0, 0.1) is 0 Å². The van der Waals surface area contributed by atoms with Gasteiger partial charge in [0.25, 0.3) is 0 Å². The van der Waals surface area contributed by atoms with Gasteiger partial charge in [0.15, 0.2) is 5.58 Å². The summed E-state index contributed by atoms with van der Waals surface area (Å²) in [6, 6.07) is 77.9. The molecule has 59 heavy (non-hydrogen) atoms. The van der Waals surface area contributed by atoms with Gasteiger partial charge in [0.05, 0.1) is 5.69 Å². The Labute approximate surface area is 346 Å². The number of oxazole rings is 1. The molecule has 0 fully saturated rings. The minimum Gasteiger partial charge on any atom is -0.436 e. The molecule has 0 atom stereocenters. The first-order chi connectivity index (χ1) is 29.2. The van der Waals surface area contributed by atoms with Gasteiger partial charge in [-0.2, -0.15) is 0 Å². The zero-order chi connectivity index (χ0) is 39.1. The molecule has 0 saturated heterocycles. The molecule has 278 valence electrons. The number of hydrogen-bond donors (Lipinski definition) is 0. The predicted octanol–water partition coefficient (Wildman–Crippen LogP) is 16.0. The van der Waals surface area contributed by atoms with Crippen molar-refractivity contribution in [1.82, 2.24) is 4.98 Å². The Hall–Kier alpha value is -7.53. The third-order valence-corrected chi connectivity index (χ3v) is 12.2. The van der Waals surface area contributed by atoms with Gasteiger partial charge in [-0.05, 0) is 106 Å². The fourth-order valence-corrected chi connectivity index (χ4v) is 9.25. The molecule has 11 aromatic rings. The van der Waals surface area contributed by atoms with E-state index in [1.807, 2.05) is 30.3 Å². The number of anilines is 3. The number of hydrogen-bond acceptors (Lipinski definition) is 4. The number of benzene rings is 9. The maximum absolute atomic E-state index is 6.25. The zero-order valence-electron chi connectivity index (χ0n) is 32.0. The number of fused-ring (bicyclic) bond motifs is 4. The third-order valence-electron chi connectivity index (χ3n) is 11.1. The molecule has 3 nitrogen and oxygen atoms in total. The van der Waals surface area contributed by atoms with E-state index in [2.05, 4.69) is 193 Å². The highest BCUT2D eigenvalue weighted by atomic mass is 32.1. The van der Waals surface area contributed by atoms with Crippen LogP contribution in [0.15, 0.2) is 223 Å². The summed E-state index contributed by atoms with van der Waals surface area (Å²) >= 11 is 1.79. The van der Waals surface area contributed by atoms with Crippen LogP contribution in [0.2, 0.25) is 0 Å². The van der Waals surface area contributed by atoms with Gasteiger partial charge in [0.1, 0.15) is 5.52 Å². The Balaban J connectivity index is 1.05. The highest BCUT2D eigenvalue weighted by molar-refractivity contribution is 7.25. The fourth-order valence-electron chi connectivity index (χ4n) is 8.16. The molecule has 2 heterocycles. The van der Waals surface area contributed by atoms with Gasteiger partial charge < -0.3 is 9.32 Å². The normalized spacial score (nSPS) is 11.4. The number of thiophene rings is 1. The molecule has 0 amide bonds. The van der Waals surface area contributed by atoms with E-state index in [1.54, 1.807) is 11.3 Å². The molecule has 0 saturated carbocycles. The van der Waals surface area contributed by atoms with Gasteiger partial charge in [-0.25, -0.2) is 4.98 Å². The second-order valence-corrected chi connectivity index (χ2v) is 15.9. The standard InChI is InChI=1S/C55H36N2OS/c1-5-14-37(15-6-1)39-24-28-45(29-25-39)57(46-23-13-22-42(32-46)38-16-7-2-8-17-38)51-30-26-43(33-47(51)40-18-9-3-10-19-40)44-27-31-53-48(34-44)49-35-50-52(36-54(49)59-53)58-55(56-50)41-20-11-4-12-21-41/h1-36H. The van der Waals surface area contributed by atoms with Gasteiger partial charge in [-0.15, -0.1) is 11.3 Å². The molecule has 9 aromatic carbocycles. The van der Waals surface area contributed by atoms with Gasteiger partial charge in [0.2, 0.25) is 5.89 Å². The predicted molar refractivity (Wildman–Crippen MR) is 249 cm³/mol. The van der Waals surface area contributed by atoms with Crippen LogP contribution in [0.4, 0.5) is 17.1 Å². The van der Waals surface area contributed by atoms with Crippen molar-refractivity contribution < 1.29 is 4.42 Å². The summed E-state index contributed by atoms with van der Waals surface area (Å²) in [6.45, 7) is 0. The van der Waals surface area contributed by atoms with Crippen LogP contribution < -0.4 is 4.90 Å². The molecule has 2 aromatic heterocycles.